The van der Waals surface area contributed by atoms with Gasteiger partial charge in [0.2, 0.25) is 15.9 Å². The summed E-state index contributed by atoms with van der Waals surface area (Å²) in [5.41, 5.74) is 1.15. The molecular formula is C18H22N2O5S. The molecule has 0 radical (unpaired) electrons. The van der Waals surface area contributed by atoms with Crippen molar-refractivity contribution < 1.29 is 22.7 Å². The van der Waals surface area contributed by atoms with E-state index in [0.29, 0.717) is 22.7 Å². The Morgan fingerprint density at radius 2 is 1.69 bits per heavy atom. The molecule has 0 unspecified atom stereocenters. The highest BCUT2D eigenvalue weighted by Crippen LogP contribution is 2.24. The number of rotatable bonds is 7. The highest BCUT2D eigenvalue weighted by Gasteiger charge is 2.23. The molecule has 2 aromatic carbocycles. The average Bonchev–Trinajstić information content (AvgIpc) is 2.61. The Hall–Kier alpha value is -2.58. The number of amides is 1. The number of hydrogen-bond donors (Lipinski definition) is 2. The largest absolute Gasteiger partial charge is 0.496 e. The summed E-state index contributed by atoms with van der Waals surface area (Å²) < 4.78 is 37.7. The first-order valence-electron chi connectivity index (χ1n) is 7.89. The topological polar surface area (TPSA) is 93.7 Å². The molecule has 2 aromatic rings. The molecule has 2 rings (SSSR count). The minimum atomic E-state index is -3.86. The minimum Gasteiger partial charge on any atom is -0.496 e. The zero-order chi connectivity index (χ0) is 19.3. The van der Waals surface area contributed by atoms with E-state index < -0.39 is 22.0 Å². The van der Waals surface area contributed by atoms with E-state index in [0.717, 1.165) is 0 Å². The molecule has 1 atom stereocenters. The van der Waals surface area contributed by atoms with Crippen LogP contribution in [-0.4, -0.2) is 34.6 Å². The molecule has 0 saturated heterocycles. The number of carbonyl (C=O) groups is 1. The van der Waals surface area contributed by atoms with Gasteiger partial charge in [-0.15, -0.1) is 0 Å². The van der Waals surface area contributed by atoms with Crippen LogP contribution in [0.3, 0.4) is 0 Å². The summed E-state index contributed by atoms with van der Waals surface area (Å²) in [5, 5.41) is 2.65. The van der Waals surface area contributed by atoms with Crippen LogP contribution >= 0.6 is 0 Å². The smallest absolute Gasteiger partial charge is 0.242 e. The van der Waals surface area contributed by atoms with Crippen LogP contribution in [-0.2, 0) is 14.8 Å². The van der Waals surface area contributed by atoms with Crippen molar-refractivity contribution >= 4 is 21.6 Å². The fourth-order valence-electron chi connectivity index (χ4n) is 2.36. The van der Waals surface area contributed by atoms with Gasteiger partial charge in [0.1, 0.15) is 11.5 Å². The first-order chi connectivity index (χ1) is 12.3. The molecule has 7 nitrogen and oxygen atoms in total. The van der Waals surface area contributed by atoms with Gasteiger partial charge in [0.15, 0.2) is 0 Å². The van der Waals surface area contributed by atoms with Gasteiger partial charge in [-0.1, -0.05) is 12.1 Å². The van der Waals surface area contributed by atoms with Gasteiger partial charge in [-0.25, -0.2) is 8.42 Å². The summed E-state index contributed by atoms with van der Waals surface area (Å²) in [4.78, 5) is 12.4. The lowest BCUT2D eigenvalue weighted by atomic mass is 10.2. The predicted octanol–water partition coefficient (Wildman–Crippen LogP) is 2.32. The van der Waals surface area contributed by atoms with Gasteiger partial charge < -0.3 is 14.8 Å². The maximum Gasteiger partial charge on any atom is 0.242 e. The summed E-state index contributed by atoms with van der Waals surface area (Å²) in [7, 11) is -0.855. The average molecular weight is 378 g/mol. The quantitative estimate of drug-likeness (QED) is 0.771. The normalized spacial score (nSPS) is 12.3. The number of nitrogens with one attached hydrogen (secondary N) is 2. The third kappa shape index (κ3) is 4.53. The summed E-state index contributed by atoms with van der Waals surface area (Å²) in [6, 6.07) is 10.4. The van der Waals surface area contributed by atoms with Gasteiger partial charge >= 0.3 is 0 Å². The second-order valence-corrected chi connectivity index (χ2v) is 7.38. The Morgan fingerprint density at radius 1 is 1.04 bits per heavy atom. The van der Waals surface area contributed by atoms with Crippen molar-refractivity contribution in [2.24, 2.45) is 0 Å². The van der Waals surface area contributed by atoms with Crippen molar-refractivity contribution in [3.63, 3.8) is 0 Å². The van der Waals surface area contributed by atoms with E-state index in [1.54, 1.807) is 37.3 Å². The van der Waals surface area contributed by atoms with E-state index in [9.17, 15) is 13.2 Å². The number of sulfonamides is 1. The van der Waals surface area contributed by atoms with Crippen LogP contribution in [0.1, 0.15) is 12.5 Å². The number of hydrogen-bond acceptors (Lipinski definition) is 5. The van der Waals surface area contributed by atoms with E-state index in [2.05, 4.69) is 10.0 Å². The van der Waals surface area contributed by atoms with Gasteiger partial charge in [-0.3, -0.25) is 4.79 Å². The van der Waals surface area contributed by atoms with Crippen LogP contribution < -0.4 is 19.5 Å². The number of methoxy groups -OCH3 is 2. The maximum absolute atomic E-state index is 12.5. The van der Waals surface area contributed by atoms with E-state index >= 15 is 0 Å². The minimum absolute atomic E-state index is 0.0627. The number of benzene rings is 2. The van der Waals surface area contributed by atoms with Crippen molar-refractivity contribution in [2.75, 3.05) is 19.5 Å². The van der Waals surface area contributed by atoms with Crippen molar-refractivity contribution in [3.8, 4) is 11.5 Å². The third-order valence-corrected chi connectivity index (χ3v) is 5.31. The second kappa shape index (κ2) is 8.20. The Balaban J connectivity index is 2.13. The van der Waals surface area contributed by atoms with Crippen LogP contribution in [0, 0.1) is 6.92 Å². The highest BCUT2D eigenvalue weighted by atomic mass is 32.2. The van der Waals surface area contributed by atoms with Gasteiger partial charge in [0.25, 0.3) is 0 Å². The molecule has 0 saturated carbocycles. The van der Waals surface area contributed by atoms with Gasteiger partial charge in [-0.05, 0) is 49.7 Å². The van der Waals surface area contributed by atoms with Crippen LogP contribution in [0.5, 0.6) is 11.5 Å². The van der Waals surface area contributed by atoms with E-state index in [4.69, 9.17) is 9.47 Å². The number of aryl methyl sites for hydroxylation is 1. The zero-order valence-electron chi connectivity index (χ0n) is 15.1. The molecule has 1 amide bonds. The van der Waals surface area contributed by atoms with Crippen LogP contribution in [0.25, 0.3) is 0 Å². The molecule has 26 heavy (non-hydrogen) atoms. The fourth-order valence-corrected chi connectivity index (χ4v) is 3.65. The van der Waals surface area contributed by atoms with E-state index in [1.807, 2.05) is 0 Å². The lowest BCUT2D eigenvalue weighted by Crippen LogP contribution is -2.41. The Bertz CT molecular complexity index is 896. The monoisotopic (exact) mass is 378 g/mol. The van der Waals surface area contributed by atoms with E-state index in [1.165, 1.54) is 33.3 Å². The van der Waals surface area contributed by atoms with Crippen molar-refractivity contribution in [1.82, 2.24) is 4.72 Å². The molecular weight excluding hydrogens is 356 g/mol. The number of carbonyl (C=O) groups excluding carboxylic acids is 1. The number of ether oxygens (including phenoxy) is 2. The molecule has 0 aromatic heterocycles. The molecule has 8 heteroatoms. The van der Waals surface area contributed by atoms with Gasteiger partial charge in [0, 0.05) is 0 Å². The molecule has 0 aliphatic carbocycles. The third-order valence-electron chi connectivity index (χ3n) is 3.77. The molecule has 0 bridgehead atoms. The number of para-hydroxylation sites is 2. The highest BCUT2D eigenvalue weighted by molar-refractivity contribution is 7.89. The maximum atomic E-state index is 12.5. The number of anilines is 1. The van der Waals surface area contributed by atoms with Gasteiger partial charge in [-0.2, -0.15) is 4.72 Å². The predicted molar refractivity (Wildman–Crippen MR) is 99.1 cm³/mol. The molecule has 0 fully saturated rings. The SMILES string of the molecule is COc1ccc(S(=O)(=O)N[C@H](C)C(=O)Nc2ccccc2OC)cc1C. The Morgan fingerprint density at radius 3 is 2.31 bits per heavy atom. The first-order valence-corrected chi connectivity index (χ1v) is 9.37. The zero-order valence-corrected chi connectivity index (χ0v) is 15.9. The summed E-state index contributed by atoms with van der Waals surface area (Å²) >= 11 is 0. The summed E-state index contributed by atoms with van der Waals surface area (Å²) in [6.45, 7) is 3.22. The first kappa shape index (κ1) is 19.7. The lowest BCUT2D eigenvalue weighted by molar-refractivity contribution is -0.117. The van der Waals surface area contributed by atoms with Crippen LogP contribution in [0.2, 0.25) is 0 Å². The molecule has 0 spiro atoms. The molecule has 0 aliphatic heterocycles. The lowest BCUT2D eigenvalue weighted by Gasteiger charge is -2.16. The van der Waals surface area contributed by atoms with Crippen molar-refractivity contribution in [2.45, 2.75) is 24.8 Å². The molecule has 140 valence electrons. The molecule has 2 N–H and O–H groups in total. The Labute approximate surface area is 153 Å². The molecule has 0 aliphatic rings. The van der Waals surface area contributed by atoms with Crippen molar-refractivity contribution in [1.29, 1.82) is 0 Å². The fraction of sp³-hybridized carbons (Fsp3) is 0.278. The Kier molecular flexibility index (Phi) is 6.23. The van der Waals surface area contributed by atoms with Crippen LogP contribution in [0.15, 0.2) is 47.4 Å². The standard InChI is InChI=1S/C18H22N2O5S/c1-12-11-14(9-10-16(12)24-3)26(22,23)20-13(2)18(21)19-15-7-5-6-8-17(15)25-4/h5-11,13,20H,1-4H3,(H,19,21)/t13-/m1/s1. The van der Waals surface area contributed by atoms with Gasteiger partial charge in [0.05, 0.1) is 30.8 Å². The summed E-state index contributed by atoms with van der Waals surface area (Å²) in [6.07, 6.45) is 0. The van der Waals surface area contributed by atoms with Crippen LogP contribution in [0.4, 0.5) is 5.69 Å². The summed E-state index contributed by atoms with van der Waals surface area (Å²) in [5.74, 6) is 0.580. The second-order valence-electron chi connectivity index (χ2n) is 5.66. The molecule has 0 heterocycles. The van der Waals surface area contributed by atoms with Crippen molar-refractivity contribution in [3.05, 3.63) is 48.0 Å². The van der Waals surface area contributed by atoms with E-state index in [-0.39, 0.29) is 4.90 Å².